The zero-order valence-corrected chi connectivity index (χ0v) is 10.8. The van der Waals surface area contributed by atoms with Crippen LogP contribution in [-0.4, -0.2) is 24.2 Å². The Morgan fingerprint density at radius 1 is 1.05 bits per heavy atom. The van der Waals surface area contributed by atoms with Gasteiger partial charge in [0.15, 0.2) is 0 Å². The van der Waals surface area contributed by atoms with E-state index in [2.05, 4.69) is 17.4 Å². The van der Waals surface area contributed by atoms with E-state index >= 15 is 0 Å². The molecule has 0 aliphatic carbocycles. The van der Waals surface area contributed by atoms with Crippen LogP contribution in [0.15, 0.2) is 54.6 Å². The molecule has 0 unspecified atom stereocenters. The fraction of sp³-hybridized carbons (Fsp3) is 0.188. The molecule has 0 amide bonds. The molecule has 3 heteroatoms. The molecule has 0 heterocycles. The number of nitrogens with one attached hydrogen (secondary N) is 1. The van der Waals surface area contributed by atoms with Gasteiger partial charge in [-0.05, 0) is 30.2 Å². The van der Waals surface area contributed by atoms with Crippen molar-refractivity contribution in [1.82, 2.24) is 5.32 Å². The normalized spacial score (nSPS) is 12.1. The van der Waals surface area contributed by atoms with Gasteiger partial charge in [0.2, 0.25) is 0 Å². The van der Waals surface area contributed by atoms with E-state index in [0.717, 1.165) is 16.7 Å². The summed E-state index contributed by atoms with van der Waals surface area (Å²) in [5.41, 5.74) is 3.32. The fourth-order valence-corrected chi connectivity index (χ4v) is 2.01. The van der Waals surface area contributed by atoms with Gasteiger partial charge in [-0.15, -0.1) is 0 Å². The number of rotatable bonds is 5. The minimum atomic E-state index is -0.824. The van der Waals surface area contributed by atoms with Crippen LogP contribution in [0.1, 0.15) is 5.56 Å². The minimum Gasteiger partial charge on any atom is -0.480 e. The summed E-state index contributed by atoms with van der Waals surface area (Å²) >= 11 is 0. The Morgan fingerprint density at radius 2 is 1.63 bits per heavy atom. The lowest BCUT2D eigenvalue weighted by molar-refractivity contribution is -0.139. The maximum Gasteiger partial charge on any atom is 0.321 e. The van der Waals surface area contributed by atoms with Crippen LogP contribution in [0.2, 0.25) is 0 Å². The molecular weight excluding hydrogens is 238 g/mol. The summed E-state index contributed by atoms with van der Waals surface area (Å²) in [6.45, 7) is 0. The average molecular weight is 255 g/mol. The van der Waals surface area contributed by atoms with E-state index in [1.165, 1.54) is 0 Å². The van der Waals surface area contributed by atoms with E-state index in [0.29, 0.717) is 6.42 Å². The van der Waals surface area contributed by atoms with Crippen LogP contribution in [0.3, 0.4) is 0 Å². The predicted octanol–water partition coefficient (Wildman–Crippen LogP) is 2.57. The Morgan fingerprint density at radius 3 is 2.16 bits per heavy atom. The molecule has 19 heavy (non-hydrogen) atoms. The van der Waals surface area contributed by atoms with Crippen molar-refractivity contribution in [3.63, 3.8) is 0 Å². The number of carboxylic acids is 1. The third-order valence-corrected chi connectivity index (χ3v) is 3.15. The molecule has 2 aromatic rings. The second-order valence-corrected chi connectivity index (χ2v) is 4.45. The van der Waals surface area contributed by atoms with E-state index < -0.39 is 12.0 Å². The fourth-order valence-electron chi connectivity index (χ4n) is 2.01. The molecule has 0 bridgehead atoms. The molecule has 0 fully saturated rings. The van der Waals surface area contributed by atoms with Crippen molar-refractivity contribution in [1.29, 1.82) is 0 Å². The van der Waals surface area contributed by atoms with Crippen molar-refractivity contribution in [2.45, 2.75) is 12.5 Å². The highest BCUT2D eigenvalue weighted by molar-refractivity contribution is 5.74. The van der Waals surface area contributed by atoms with Gasteiger partial charge in [-0.3, -0.25) is 4.79 Å². The van der Waals surface area contributed by atoms with Crippen LogP contribution in [0.25, 0.3) is 11.1 Å². The summed E-state index contributed by atoms with van der Waals surface area (Å²) in [4.78, 5) is 11.0. The summed E-state index contributed by atoms with van der Waals surface area (Å²) in [7, 11) is 1.66. The molecule has 0 spiro atoms. The van der Waals surface area contributed by atoms with Gasteiger partial charge in [-0.1, -0.05) is 54.6 Å². The maximum absolute atomic E-state index is 11.0. The number of hydrogen-bond acceptors (Lipinski definition) is 2. The first-order chi connectivity index (χ1) is 9.20. The highest BCUT2D eigenvalue weighted by Gasteiger charge is 2.14. The van der Waals surface area contributed by atoms with Crippen LogP contribution in [0.4, 0.5) is 0 Å². The lowest BCUT2D eigenvalue weighted by Crippen LogP contribution is -2.35. The summed E-state index contributed by atoms with van der Waals surface area (Å²) in [5, 5.41) is 11.8. The van der Waals surface area contributed by atoms with Crippen LogP contribution < -0.4 is 5.32 Å². The smallest absolute Gasteiger partial charge is 0.321 e. The molecule has 3 nitrogen and oxygen atoms in total. The molecular formula is C16H17NO2. The minimum absolute atomic E-state index is 0.487. The molecule has 2 N–H and O–H groups in total. The summed E-state index contributed by atoms with van der Waals surface area (Å²) in [6, 6.07) is 17.6. The van der Waals surface area contributed by atoms with E-state index in [1.54, 1.807) is 7.05 Å². The monoisotopic (exact) mass is 255 g/mol. The lowest BCUT2D eigenvalue weighted by atomic mass is 10.0. The van der Waals surface area contributed by atoms with Crippen molar-refractivity contribution < 1.29 is 9.90 Å². The number of benzene rings is 2. The summed E-state index contributed by atoms with van der Waals surface area (Å²) in [5.74, 6) is -0.824. The molecule has 1 atom stereocenters. The first kappa shape index (κ1) is 13.3. The number of carbonyl (C=O) groups is 1. The standard InChI is InChI=1S/C16H17NO2/c1-17-15(16(18)19)11-12-7-9-14(10-8-12)13-5-3-2-4-6-13/h2-10,15,17H,11H2,1H3,(H,18,19)/t15-/m0/s1. The van der Waals surface area contributed by atoms with Crippen molar-refractivity contribution in [2.75, 3.05) is 7.05 Å². The Balaban J connectivity index is 2.13. The van der Waals surface area contributed by atoms with Crippen molar-refractivity contribution in [3.05, 3.63) is 60.2 Å². The topological polar surface area (TPSA) is 49.3 Å². The first-order valence-corrected chi connectivity index (χ1v) is 6.25. The quantitative estimate of drug-likeness (QED) is 0.863. The average Bonchev–Trinajstić information content (AvgIpc) is 2.46. The second kappa shape index (κ2) is 6.16. The zero-order chi connectivity index (χ0) is 13.7. The molecule has 0 aliphatic heterocycles. The van der Waals surface area contributed by atoms with Crippen molar-refractivity contribution in [3.8, 4) is 11.1 Å². The van der Waals surface area contributed by atoms with Gasteiger partial charge < -0.3 is 10.4 Å². The van der Waals surface area contributed by atoms with Crippen LogP contribution in [-0.2, 0) is 11.2 Å². The third kappa shape index (κ3) is 3.42. The zero-order valence-electron chi connectivity index (χ0n) is 10.8. The molecule has 2 rings (SSSR count). The van der Waals surface area contributed by atoms with Gasteiger partial charge in [0.25, 0.3) is 0 Å². The largest absolute Gasteiger partial charge is 0.480 e. The number of likely N-dealkylation sites (N-methyl/N-ethyl adjacent to an activating group) is 1. The van der Waals surface area contributed by atoms with Gasteiger partial charge >= 0.3 is 5.97 Å². The van der Waals surface area contributed by atoms with Gasteiger partial charge in [-0.25, -0.2) is 0 Å². The summed E-state index contributed by atoms with van der Waals surface area (Å²) in [6.07, 6.45) is 0.487. The first-order valence-electron chi connectivity index (χ1n) is 6.25. The highest BCUT2D eigenvalue weighted by atomic mass is 16.4. The van der Waals surface area contributed by atoms with E-state index in [9.17, 15) is 4.79 Å². The van der Waals surface area contributed by atoms with Gasteiger partial charge in [0, 0.05) is 0 Å². The van der Waals surface area contributed by atoms with Crippen LogP contribution >= 0.6 is 0 Å². The van der Waals surface area contributed by atoms with Crippen molar-refractivity contribution >= 4 is 5.97 Å². The van der Waals surface area contributed by atoms with Crippen LogP contribution in [0, 0.1) is 0 Å². The van der Waals surface area contributed by atoms with E-state index in [-0.39, 0.29) is 0 Å². The molecule has 2 aromatic carbocycles. The summed E-state index contributed by atoms with van der Waals surface area (Å²) < 4.78 is 0. The predicted molar refractivity (Wildman–Crippen MR) is 76.1 cm³/mol. The SMILES string of the molecule is CN[C@@H](Cc1ccc(-c2ccccc2)cc1)C(=O)O. The highest BCUT2D eigenvalue weighted by Crippen LogP contribution is 2.19. The number of hydrogen-bond donors (Lipinski definition) is 2. The number of carboxylic acid groups (broad SMARTS) is 1. The van der Waals surface area contributed by atoms with E-state index in [1.807, 2.05) is 42.5 Å². The molecule has 0 aliphatic rings. The Labute approximate surface area is 112 Å². The van der Waals surface area contributed by atoms with Crippen LogP contribution in [0.5, 0.6) is 0 Å². The Bertz CT molecular complexity index is 534. The molecule has 0 saturated carbocycles. The van der Waals surface area contributed by atoms with Crippen molar-refractivity contribution in [2.24, 2.45) is 0 Å². The lowest BCUT2D eigenvalue weighted by Gasteiger charge is -2.11. The Hall–Kier alpha value is -2.13. The second-order valence-electron chi connectivity index (χ2n) is 4.45. The van der Waals surface area contributed by atoms with E-state index in [4.69, 9.17) is 5.11 Å². The molecule has 0 radical (unpaired) electrons. The Kier molecular flexibility index (Phi) is 4.31. The van der Waals surface area contributed by atoms with Gasteiger partial charge in [0.05, 0.1) is 0 Å². The number of aliphatic carboxylic acids is 1. The molecule has 98 valence electrons. The van der Waals surface area contributed by atoms with Gasteiger partial charge in [0.1, 0.15) is 6.04 Å². The molecule has 0 saturated heterocycles. The molecule has 0 aromatic heterocycles. The van der Waals surface area contributed by atoms with Gasteiger partial charge in [-0.2, -0.15) is 0 Å². The maximum atomic E-state index is 11.0. The third-order valence-electron chi connectivity index (χ3n) is 3.15.